The summed E-state index contributed by atoms with van der Waals surface area (Å²) < 4.78 is 11.6. The van der Waals surface area contributed by atoms with Gasteiger partial charge < -0.3 is 14.6 Å². The van der Waals surface area contributed by atoms with E-state index in [2.05, 4.69) is 5.43 Å². The number of imide groups is 2. The van der Waals surface area contributed by atoms with Crippen molar-refractivity contribution in [2.45, 2.75) is 24.2 Å². The van der Waals surface area contributed by atoms with Crippen LogP contribution in [-0.2, 0) is 24.6 Å². The van der Waals surface area contributed by atoms with Crippen LogP contribution in [-0.4, -0.2) is 53.7 Å². The van der Waals surface area contributed by atoms with E-state index in [1.807, 2.05) is 34.7 Å². The molecule has 3 fully saturated rings. The molecule has 61 heavy (non-hydrogen) atoms. The van der Waals surface area contributed by atoms with Crippen molar-refractivity contribution in [3.05, 3.63) is 157 Å². The van der Waals surface area contributed by atoms with Crippen molar-refractivity contribution in [2.24, 2.45) is 23.7 Å². The first-order valence-electron chi connectivity index (χ1n) is 19.5. The molecule has 2 aliphatic carbocycles. The molecule has 0 aromatic heterocycles. The lowest BCUT2D eigenvalue weighted by Crippen LogP contribution is -2.53. The summed E-state index contributed by atoms with van der Waals surface area (Å²) in [4.78, 5) is 74.3. The normalized spacial score (nSPS) is 24.2. The van der Waals surface area contributed by atoms with Gasteiger partial charge in [0, 0.05) is 22.1 Å². The summed E-state index contributed by atoms with van der Waals surface area (Å²) >= 11 is 14.8. The van der Waals surface area contributed by atoms with Crippen LogP contribution < -0.4 is 19.8 Å². The number of amides is 4. The fourth-order valence-electron chi connectivity index (χ4n) is 9.91. The smallest absolute Gasteiger partial charge is 0.260 e. The number of fused-ring (bicyclic) bond motifs is 4. The summed E-state index contributed by atoms with van der Waals surface area (Å²) in [6.45, 7) is 0. The second-order valence-corrected chi connectivity index (χ2v) is 17.5. The zero-order valence-corrected chi connectivity index (χ0v) is 36.3. The molecule has 4 aliphatic rings. The first kappa shape index (κ1) is 40.7. The number of hydrogen-bond acceptors (Lipinski definition) is 9. The molecule has 0 radical (unpaired) electrons. The molecule has 2 N–H and O–H groups in total. The molecule has 1 saturated carbocycles. The van der Waals surface area contributed by atoms with E-state index in [1.54, 1.807) is 97.1 Å². The molecule has 0 bridgehead atoms. The molecule has 6 atom stereocenters. The van der Waals surface area contributed by atoms with Crippen LogP contribution in [0.4, 0.5) is 11.4 Å². The second kappa shape index (κ2) is 15.6. The van der Waals surface area contributed by atoms with Gasteiger partial charge in [0.05, 0.1) is 57.4 Å². The molecule has 14 heteroatoms. The number of halogens is 3. The molecule has 4 amide bonds. The van der Waals surface area contributed by atoms with Gasteiger partial charge in [-0.1, -0.05) is 77.3 Å². The summed E-state index contributed by atoms with van der Waals surface area (Å²) in [5.74, 6) is -5.74. The monoisotopic (exact) mass is 967 g/mol. The van der Waals surface area contributed by atoms with E-state index >= 15 is 9.59 Å². The van der Waals surface area contributed by atoms with E-state index in [0.717, 1.165) is 10.6 Å². The van der Waals surface area contributed by atoms with E-state index in [0.29, 0.717) is 42.3 Å². The highest BCUT2D eigenvalue weighted by atomic mass is 127. The Hall–Kier alpha value is -5.70. The van der Waals surface area contributed by atoms with Crippen molar-refractivity contribution in [1.82, 2.24) is 5.01 Å². The number of hydrazine groups is 1. The predicted molar refractivity (Wildman–Crippen MR) is 237 cm³/mol. The van der Waals surface area contributed by atoms with Crippen molar-refractivity contribution in [3.8, 4) is 17.2 Å². The maximum absolute atomic E-state index is 15.6. The number of aromatic hydroxyl groups is 1. The molecule has 308 valence electrons. The number of anilines is 2. The molecule has 9 rings (SSSR count). The quantitative estimate of drug-likeness (QED) is 0.0642. The minimum absolute atomic E-state index is 0.0519. The third-order valence-electron chi connectivity index (χ3n) is 12.6. The van der Waals surface area contributed by atoms with E-state index in [-0.39, 0.29) is 46.7 Å². The van der Waals surface area contributed by atoms with Gasteiger partial charge in [0.1, 0.15) is 5.75 Å². The average molecular weight is 969 g/mol. The van der Waals surface area contributed by atoms with Crippen LogP contribution in [0.1, 0.15) is 45.8 Å². The number of carbonyl (C=O) groups excluding carboxylic acids is 5. The van der Waals surface area contributed by atoms with Gasteiger partial charge in [0.2, 0.25) is 11.8 Å². The Bertz CT molecular complexity index is 2690. The lowest BCUT2D eigenvalue weighted by molar-refractivity contribution is -0.138. The fraction of sp³-hybridized carbons (Fsp3) is 0.213. The highest BCUT2D eigenvalue weighted by molar-refractivity contribution is 14.1. The fourth-order valence-corrected chi connectivity index (χ4v) is 11.0. The lowest BCUT2D eigenvalue weighted by atomic mass is 9.49. The van der Waals surface area contributed by atoms with Gasteiger partial charge in [-0.15, -0.1) is 0 Å². The number of methoxy groups -OCH3 is 2. The zero-order valence-electron chi connectivity index (χ0n) is 32.6. The Balaban J connectivity index is 1.18. The molecule has 2 aliphatic heterocycles. The number of ketones is 1. The van der Waals surface area contributed by atoms with Gasteiger partial charge in [-0.2, -0.15) is 5.01 Å². The zero-order chi connectivity index (χ0) is 42.9. The summed E-state index contributed by atoms with van der Waals surface area (Å²) in [5.41, 5.74) is 4.72. The Morgan fingerprint density at radius 1 is 0.820 bits per heavy atom. The first-order valence-corrected chi connectivity index (χ1v) is 21.3. The van der Waals surface area contributed by atoms with Crippen molar-refractivity contribution >= 4 is 86.6 Å². The van der Waals surface area contributed by atoms with Crippen LogP contribution in [0.5, 0.6) is 17.2 Å². The minimum Gasteiger partial charge on any atom is -0.504 e. The van der Waals surface area contributed by atoms with Crippen LogP contribution in [0.2, 0.25) is 10.0 Å². The van der Waals surface area contributed by atoms with Crippen molar-refractivity contribution in [3.63, 3.8) is 0 Å². The highest BCUT2D eigenvalue weighted by Gasteiger charge is 2.70. The number of phenols is 1. The Labute approximate surface area is 374 Å². The highest BCUT2D eigenvalue weighted by Crippen LogP contribution is 2.65. The Morgan fingerprint density at radius 2 is 1.52 bits per heavy atom. The molecular formula is C47H36Cl2IN3O8. The first-order chi connectivity index (χ1) is 29.4. The van der Waals surface area contributed by atoms with Gasteiger partial charge >= 0.3 is 0 Å². The number of allylic oxidation sites excluding steroid dienone is 2. The van der Waals surface area contributed by atoms with Gasteiger partial charge in [-0.25, -0.2) is 0 Å². The van der Waals surface area contributed by atoms with Crippen LogP contribution in [0.15, 0.2) is 121 Å². The molecule has 2 heterocycles. The summed E-state index contributed by atoms with van der Waals surface area (Å²) in [5, 5.41) is 12.6. The van der Waals surface area contributed by atoms with Crippen LogP contribution in [0.3, 0.4) is 0 Å². The number of nitrogens with zero attached hydrogens (tertiary/aromatic N) is 2. The standard InChI is InChI=1S/C47H36Cl2IN3O8/c1-60-30-15-10-27(11-16-30)47-34(44(57)53(46(47)59)51-37-19-12-28(48)22-35(37)49)23-33-31(40(47)26-20-36(50)42(55)38(21-26)61-2)17-18-32-39(33)45(58)52(43(32)56)29-13-8-25(9-14-29)41(54)24-6-4-3-5-7-24/h3-17,19-22,32-34,39-40,51,55H,18,23H2,1-2H3/t32-,33+,34-,39-,40-,47+/m0/s1. The Kier molecular flexibility index (Phi) is 10.4. The largest absolute Gasteiger partial charge is 0.504 e. The second-order valence-electron chi connectivity index (χ2n) is 15.5. The molecule has 5 aromatic rings. The van der Waals surface area contributed by atoms with Crippen molar-refractivity contribution in [1.29, 1.82) is 0 Å². The summed E-state index contributed by atoms with van der Waals surface area (Å²) in [6.07, 6.45) is 2.19. The number of nitrogens with one attached hydrogen (secondary N) is 1. The predicted octanol–water partition coefficient (Wildman–Crippen LogP) is 8.74. The van der Waals surface area contributed by atoms with E-state index in [9.17, 15) is 19.5 Å². The van der Waals surface area contributed by atoms with Gasteiger partial charge in [0.15, 0.2) is 17.3 Å². The molecule has 0 unspecified atom stereocenters. The molecule has 11 nitrogen and oxygen atoms in total. The van der Waals surface area contributed by atoms with E-state index in [4.69, 9.17) is 32.7 Å². The average Bonchev–Trinajstić information content (AvgIpc) is 3.65. The van der Waals surface area contributed by atoms with Gasteiger partial charge in [0.25, 0.3) is 11.8 Å². The number of carbonyl (C=O) groups is 5. The SMILES string of the molecule is COc1ccc([C@@]23C(=O)N(Nc4ccc(Cl)cc4Cl)C(=O)[C@@H]2C[C@@H]2C(=CC[C@@H]4C(=O)N(c5ccc(C(=O)c6ccccc6)cc5)C(=O)[C@@H]42)[C@@H]3c2cc(I)c(O)c(OC)c2)cc1. The van der Waals surface area contributed by atoms with Gasteiger partial charge in [-0.05, 0) is 119 Å². The number of ether oxygens (including phenoxy) is 2. The summed E-state index contributed by atoms with van der Waals surface area (Å²) in [7, 11) is 2.96. The van der Waals surface area contributed by atoms with Crippen LogP contribution in [0, 0.1) is 27.2 Å². The van der Waals surface area contributed by atoms with Crippen LogP contribution >= 0.6 is 45.8 Å². The summed E-state index contributed by atoms with van der Waals surface area (Å²) in [6, 6.07) is 30.3. The van der Waals surface area contributed by atoms with E-state index < -0.39 is 52.7 Å². The van der Waals surface area contributed by atoms with E-state index in [1.165, 1.54) is 25.2 Å². The molecule has 0 spiro atoms. The number of hydrogen-bond donors (Lipinski definition) is 2. The van der Waals surface area contributed by atoms with Gasteiger partial charge in [-0.3, -0.25) is 34.3 Å². The Morgan fingerprint density at radius 3 is 2.20 bits per heavy atom. The maximum atomic E-state index is 15.6. The van der Waals surface area contributed by atoms with Crippen LogP contribution in [0.25, 0.3) is 0 Å². The number of benzene rings is 5. The van der Waals surface area contributed by atoms with Crippen molar-refractivity contribution < 1.29 is 38.6 Å². The lowest BCUT2D eigenvalue weighted by Gasteiger charge is -2.50. The molecule has 2 saturated heterocycles. The molecule has 5 aromatic carbocycles. The van der Waals surface area contributed by atoms with Crippen molar-refractivity contribution in [2.75, 3.05) is 24.5 Å². The number of phenolic OH excluding ortho intramolecular Hbond substituents is 1. The molecular weight excluding hydrogens is 932 g/mol. The minimum atomic E-state index is -1.61. The maximum Gasteiger partial charge on any atom is 0.260 e. The third-order valence-corrected chi connectivity index (χ3v) is 14.0. The topological polar surface area (TPSA) is 143 Å². The third kappa shape index (κ3) is 6.40. The number of rotatable bonds is 9.